The smallest absolute Gasteiger partial charge is 0.325 e. The molecule has 1 atom stereocenters. The third-order valence-corrected chi connectivity index (χ3v) is 6.41. The fourth-order valence-electron chi connectivity index (χ4n) is 4.12. The lowest BCUT2D eigenvalue weighted by atomic mass is 10.1. The number of fused-ring (bicyclic) bond motifs is 1. The Hall–Kier alpha value is -3.68. The van der Waals surface area contributed by atoms with E-state index in [9.17, 15) is 9.59 Å². The standard InChI is InChI=1S/C30H40N4O4/c1-3-4-5-6-7-8-9-10-11-14-21-31-27-29(34-26-16-13-12-15-25(26)33-27)38-24-19-17-23(18-20-24)28(35)32-22(2)30(36)37/h12-13,15-20,22H,3-11,14,21H2,1-2H3,(H,31,33)(H,32,35)(H,36,37)/t22-/m0/s1. The Morgan fingerprint density at radius 3 is 2.03 bits per heavy atom. The topological polar surface area (TPSA) is 113 Å². The summed E-state index contributed by atoms with van der Waals surface area (Å²) in [6.45, 7) is 4.45. The highest BCUT2D eigenvalue weighted by Crippen LogP contribution is 2.28. The van der Waals surface area contributed by atoms with Gasteiger partial charge in [-0.25, -0.2) is 9.97 Å². The van der Waals surface area contributed by atoms with Gasteiger partial charge in [0, 0.05) is 12.1 Å². The van der Waals surface area contributed by atoms with Gasteiger partial charge in [0.2, 0.25) is 0 Å². The Kier molecular flexibility index (Phi) is 11.8. The number of para-hydroxylation sites is 2. The van der Waals surface area contributed by atoms with Crippen LogP contribution in [-0.4, -0.2) is 39.5 Å². The van der Waals surface area contributed by atoms with Gasteiger partial charge in [0.25, 0.3) is 11.8 Å². The fourth-order valence-corrected chi connectivity index (χ4v) is 4.12. The van der Waals surface area contributed by atoms with Crippen LogP contribution in [0.3, 0.4) is 0 Å². The van der Waals surface area contributed by atoms with Crippen LogP contribution in [0.25, 0.3) is 11.0 Å². The van der Waals surface area contributed by atoms with Crippen molar-refractivity contribution in [3.05, 3.63) is 54.1 Å². The first kappa shape index (κ1) is 28.9. The Morgan fingerprint density at radius 2 is 1.42 bits per heavy atom. The predicted molar refractivity (Wildman–Crippen MR) is 151 cm³/mol. The number of unbranched alkanes of at least 4 members (excludes halogenated alkanes) is 9. The van der Waals surface area contributed by atoms with E-state index in [2.05, 4.69) is 22.5 Å². The molecule has 2 aromatic carbocycles. The molecule has 0 bridgehead atoms. The quantitative estimate of drug-likeness (QED) is 0.165. The zero-order valence-electron chi connectivity index (χ0n) is 22.5. The monoisotopic (exact) mass is 520 g/mol. The average molecular weight is 521 g/mol. The Bertz CT molecular complexity index is 1170. The number of benzene rings is 2. The summed E-state index contributed by atoms with van der Waals surface area (Å²) in [5.41, 5.74) is 1.85. The lowest BCUT2D eigenvalue weighted by Crippen LogP contribution is -2.38. The lowest BCUT2D eigenvalue weighted by Gasteiger charge is -2.13. The molecule has 0 aliphatic carbocycles. The number of aliphatic carboxylic acids is 1. The number of carboxylic acid groups (broad SMARTS) is 1. The summed E-state index contributed by atoms with van der Waals surface area (Å²) in [5.74, 6) is -0.106. The van der Waals surface area contributed by atoms with Crippen LogP contribution in [0, 0.1) is 0 Å². The van der Waals surface area contributed by atoms with Gasteiger partial charge in [0.05, 0.1) is 11.0 Å². The molecule has 0 fully saturated rings. The summed E-state index contributed by atoms with van der Waals surface area (Å²) in [6.07, 6.45) is 12.8. The van der Waals surface area contributed by atoms with Gasteiger partial charge in [0.15, 0.2) is 5.82 Å². The third-order valence-electron chi connectivity index (χ3n) is 6.41. The zero-order valence-corrected chi connectivity index (χ0v) is 22.5. The van der Waals surface area contributed by atoms with E-state index in [1.807, 2.05) is 24.3 Å². The maximum Gasteiger partial charge on any atom is 0.325 e. The van der Waals surface area contributed by atoms with Crippen LogP contribution in [0.15, 0.2) is 48.5 Å². The number of carbonyl (C=O) groups excluding carboxylic acids is 1. The van der Waals surface area contributed by atoms with Gasteiger partial charge in [-0.15, -0.1) is 0 Å². The molecule has 0 saturated carbocycles. The Labute approximate surface area is 225 Å². The van der Waals surface area contributed by atoms with Crippen molar-refractivity contribution < 1.29 is 19.4 Å². The molecule has 8 nitrogen and oxygen atoms in total. The normalized spacial score (nSPS) is 11.7. The molecule has 3 rings (SSSR count). The van der Waals surface area contributed by atoms with Crippen LogP contribution in [0.1, 0.15) is 88.4 Å². The first-order chi connectivity index (χ1) is 18.5. The van der Waals surface area contributed by atoms with E-state index in [4.69, 9.17) is 14.8 Å². The SMILES string of the molecule is CCCCCCCCCCCCNc1nc2ccccc2nc1Oc1ccc(C(=O)N[C@@H](C)C(=O)O)cc1. The van der Waals surface area contributed by atoms with Crippen molar-refractivity contribution in [3.63, 3.8) is 0 Å². The molecule has 8 heteroatoms. The highest BCUT2D eigenvalue weighted by Gasteiger charge is 2.16. The largest absolute Gasteiger partial charge is 0.480 e. The van der Waals surface area contributed by atoms with E-state index in [1.54, 1.807) is 24.3 Å². The number of amides is 1. The van der Waals surface area contributed by atoms with Crippen molar-refractivity contribution in [3.8, 4) is 11.6 Å². The number of hydrogen-bond acceptors (Lipinski definition) is 6. The van der Waals surface area contributed by atoms with E-state index >= 15 is 0 Å². The van der Waals surface area contributed by atoms with Crippen LogP contribution in [0.5, 0.6) is 11.6 Å². The van der Waals surface area contributed by atoms with Gasteiger partial charge in [-0.05, 0) is 49.7 Å². The van der Waals surface area contributed by atoms with Crippen molar-refractivity contribution in [1.29, 1.82) is 0 Å². The molecular formula is C30H40N4O4. The summed E-state index contributed by atoms with van der Waals surface area (Å²) in [7, 11) is 0. The Morgan fingerprint density at radius 1 is 0.842 bits per heavy atom. The van der Waals surface area contributed by atoms with E-state index < -0.39 is 17.9 Å². The number of aromatic nitrogens is 2. The third kappa shape index (κ3) is 9.32. The number of rotatable bonds is 17. The van der Waals surface area contributed by atoms with Crippen molar-refractivity contribution in [2.24, 2.45) is 0 Å². The van der Waals surface area contributed by atoms with Crippen LogP contribution in [0.4, 0.5) is 5.82 Å². The predicted octanol–water partition coefficient (Wildman–Crippen LogP) is 6.96. The number of ether oxygens (including phenoxy) is 1. The molecule has 0 radical (unpaired) electrons. The second-order valence-electron chi connectivity index (χ2n) is 9.63. The molecule has 1 aromatic heterocycles. The van der Waals surface area contributed by atoms with Crippen molar-refractivity contribution in [2.45, 2.75) is 84.1 Å². The second-order valence-corrected chi connectivity index (χ2v) is 9.63. The fraction of sp³-hybridized carbons (Fsp3) is 0.467. The number of carbonyl (C=O) groups is 2. The maximum atomic E-state index is 12.3. The van der Waals surface area contributed by atoms with Gasteiger partial charge in [-0.1, -0.05) is 76.8 Å². The number of carboxylic acids is 1. The summed E-state index contributed by atoms with van der Waals surface area (Å²) in [5, 5.41) is 14.8. The van der Waals surface area contributed by atoms with Crippen LogP contribution < -0.4 is 15.4 Å². The minimum atomic E-state index is -1.09. The molecule has 0 aliphatic heterocycles. The van der Waals surface area contributed by atoms with Crippen LogP contribution in [0.2, 0.25) is 0 Å². The summed E-state index contributed by atoms with van der Waals surface area (Å²) in [4.78, 5) is 32.6. The van der Waals surface area contributed by atoms with Crippen LogP contribution in [-0.2, 0) is 4.79 Å². The first-order valence-electron chi connectivity index (χ1n) is 13.8. The Balaban J connectivity index is 1.55. The molecule has 0 unspecified atom stereocenters. The number of nitrogens with one attached hydrogen (secondary N) is 2. The minimum absolute atomic E-state index is 0.342. The van der Waals surface area contributed by atoms with Gasteiger partial charge < -0.3 is 20.5 Å². The molecule has 0 saturated heterocycles. The first-order valence-corrected chi connectivity index (χ1v) is 13.8. The second kappa shape index (κ2) is 15.5. The van der Waals surface area contributed by atoms with E-state index in [0.717, 1.165) is 24.0 Å². The van der Waals surface area contributed by atoms with Crippen molar-refractivity contribution in [1.82, 2.24) is 15.3 Å². The number of anilines is 1. The van der Waals surface area contributed by atoms with Gasteiger partial charge >= 0.3 is 5.97 Å². The average Bonchev–Trinajstić information content (AvgIpc) is 2.92. The van der Waals surface area contributed by atoms with E-state index in [1.165, 1.54) is 64.7 Å². The number of nitrogens with zero attached hydrogens (tertiary/aromatic N) is 2. The highest BCUT2D eigenvalue weighted by molar-refractivity contribution is 5.96. The molecule has 204 valence electrons. The molecular weight excluding hydrogens is 480 g/mol. The molecule has 38 heavy (non-hydrogen) atoms. The van der Waals surface area contributed by atoms with E-state index in [-0.39, 0.29) is 0 Å². The molecule has 3 aromatic rings. The van der Waals surface area contributed by atoms with E-state index in [0.29, 0.717) is 23.0 Å². The zero-order chi connectivity index (χ0) is 27.2. The molecule has 0 spiro atoms. The molecule has 1 amide bonds. The lowest BCUT2D eigenvalue weighted by molar-refractivity contribution is -0.138. The number of hydrogen-bond donors (Lipinski definition) is 3. The van der Waals surface area contributed by atoms with Crippen molar-refractivity contribution >= 4 is 28.7 Å². The maximum absolute atomic E-state index is 12.3. The summed E-state index contributed by atoms with van der Waals surface area (Å²) in [6, 6.07) is 13.2. The minimum Gasteiger partial charge on any atom is -0.480 e. The van der Waals surface area contributed by atoms with Crippen LogP contribution >= 0.6 is 0 Å². The van der Waals surface area contributed by atoms with Gasteiger partial charge in [-0.2, -0.15) is 0 Å². The summed E-state index contributed by atoms with van der Waals surface area (Å²) < 4.78 is 6.06. The van der Waals surface area contributed by atoms with Gasteiger partial charge in [-0.3, -0.25) is 9.59 Å². The highest BCUT2D eigenvalue weighted by atomic mass is 16.5. The summed E-state index contributed by atoms with van der Waals surface area (Å²) >= 11 is 0. The molecule has 0 aliphatic rings. The van der Waals surface area contributed by atoms with Crippen molar-refractivity contribution in [2.75, 3.05) is 11.9 Å². The molecule has 3 N–H and O–H groups in total. The molecule has 1 heterocycles. The van der Waals surface area contributed by atoms with Gasteiger partial charge in [0.1, 0.15) is 11.8 Å².